The molecule has 0 spiro atoms. The molecule has 3 rings (SSSR count). The molecule has 8 heteroatoms. The number of hydroxylamine groups is 2. The average Bonchev–Trinajstić information content (AvgIpc) is 2.91. The lowest BCUT2D eigenvalue weighted by atomic mass is 10.1. The fraction of sp³-hybridized carbons (Fsp3) is 0.500. The molecule has 0 aliphatic carbocycles. The van der Waals surface area contributed by atoms with Crippen molar-refractivity contribution in [3.8, 4) is 0 Å². The molecule has 0 aromatic heterocycles. The SMILES string of the molecule is Cc1ccc(N2CCN(C(=O)ON3C(=O)NC(C(C)C)C3=O)CC2)cc1. The molecule has 2 aliphatic heterocycles. The number of nitrogens with one attached hydrogen (secondary N) is 1. The summed E-state index contributed by atoms with van der Waals surface area (Å²) >= 11 is 0. The summed E-state index contributed by atoms with van der Waals surface area (Å²) in [5.41, 5.74) is 2.31. The molecule has 2 aliphatic rings. The topological polar surface area (TPSA) is 82.2 Å². The number of aryl methyl sites for hydroxylation is 1. The van der Waals surface area contributed by atoms with Crippen LogP contribution in [0.1, 0.15) is 19.4 Å². The fourth-order valence-electron chi connectivity index (χ4n) is 3.06. The molecule has 0 bridgehead atoms. The smallest absolute Gasteiger partial charge is 0.368 e. The molecular formula is C18H24N4O4. The standard InChI is InChI=1S/C18H24N4O4/c1-12(2)15-16(23)22(17(24)19-15)26-18(25)21-10-8-20(9-11-21)14-6-4-13(3)5-7-14/h4-7,12,15H,8-11H2,1-3H3,(H,19,24). The summed E-state index contributed by atoms with van der Waals surface area (Å²) in [5, 5.41) is 3.07. The van der Waals surface area contributed by atoms with Crippen LogP contribution >= 0.6 is 0 Å². The Labute approximate surface area is 152 Å². The highest BCUT2D eigenvalue weighted by Crippen LogP contribution is 2.19. The maximum absolute atomic E-state index is 12.3. The van der Waals surface area contributed by atoms with Crippen LogP contribution in [0, 0.1) is 12.8 Å². The van der Waals surface area contributed by atoms with E-state index in [1.807, 2.05) is 20.8 Å². The lowest BCUT2D eigenvalue weighted by molar-refractivity contribution is -0.152. The van der Waals surface area contributed by atoms with Gasteiger partial charge >= 0.3 is 12.1 Å². The van der Waals surface area contributed by atoms with Crippen molar-refractivity contribution in [1.29, 1.82) is 0 Å². The maximum atomic E-state index is 12.3. The number of urea groups is 1. The molecule has 1 atom stereocenters. The molecule has 2 heterocycles. The highest BCUT2D eigenvalue weighted by Gasteiger charge is 2.43. The van der Waals surface area contributed by atoms with E-state index in [0.29, 0.717) is 31.2 Å². The Hall–Kier alpha value is -2.77. The largest absolute Gasteiger partial charge is 0.434 e. The number of carbonyl (C=O) groups is 3. The van der Waals surface area contributed by atoms with Crippen LogP contribution in [0.4, 0.5) is 15.3 Å². The van der Waals surface area contributed by atoms with Crippen LogP contribution in [-0.2, 0) is 9.63 Å². The van der Waals surface area contributed by atoms with E-state index in [-0.39, 0.29) is 5.92 Å². The molecule has 1 N–H and O–H groups in total. The van der Waals surface area contributed by atoms with Gasteiger partial charge in [0.1, 0.15) is 6.04 Å². The quantitative estimate of drug-likeness (QED) is 0.831. The van der Waals surface area contributed by atoms with Gasteiger partial charge in [0, 0.05) is 31.9 Å². The molecule has 8 nitrogen and oxygen atoms in total. The first-order valence-electron chi connectivity index (χ1n) is 8.80. The first-order valence-corrected chi connectivity index (χ1v) is 8.80. The van der Waals surface area contributed by atoms with E-state index in [2.05, 4.69) is 34.5 Å². The number of carbonyl (C=O) groups excluding carboxylic acids is 3. The van der Waals surface area contributed by atoms with E-state index in [0.717, 1.165) is 5.69 Å². The number of hydrogen-bond acceptors (Lipinski definition) is 5. The molecule has 1 aromatic carbocycles. The van der Waals surface area contributed by atoms with Gasteiger partial charge in [-0.3, -0.25) is 4.79 Å². The molecule has 4 amide bonds. The zero-order valence-corrected chi connectivity index (χ0v) is 15.3. The summed E-state index contributed by atoms with van der Waals surface area (Å²) in [4.78, 5) is 45.1. The molecule has 0 radical (unpaired) electrons. The minimum Gasteiger partial charge on any atom is -0.368 e. The minimum atomic E-state index is -0.694. The number of piperazine rings is 1. The summed E-state index contributed by atoms with van der Waals surface area (Å²) in [6.07, 6.45) is -0.679. The third-order valence-electron chi connectivity index (χ3n) is 4.70. The third-order valence-corrected chi connectivity index (χ3v) is 4.70. The second-order valence-corrected chi connectivity index (χ2v) is 6.97. The van der Waals surface area contributed by atoms with Gasteiger partial charge in [0.25, 0.3) is 5.91 Å². The van der Waals surface area contributed by atoms with Crippen LogP contribution < -0.4 is 10.2 Å². The summed E-state index contributed by atoms with van der Waals surface area (Å²) in [6, 6.07) is 6.87. The van der Waals surface area contributed by atoms with Gasteiger partial charge in [0.2, 0.25) is 0 Å². The van der Waals surface area contributed by atoms with E-state index in [1.165, 1.54) is 10.5 Å². The number of rotatable bonds is 3. The van der Waals surface area contributed by atoms with E-state index in [9.17, 15) is 14.4 Å². The summed E-state index contributed by atoms with van der Waals surface area (Å²) in [6.45, 7) is 7.92. The van der Waals surface area contributed by atoms with Crippen LogP contribution in [0.25, 0.3) is 0 Å². The predicted molar refractivity (Wildman–Crippen MR) is 95.4 cm³/mol. The van der Waals surface area contributed by atoms with Gasteiger partial charge in [-0.15, -0.1) is 0 Å². The first-order chi connectivity index (χ1) is 12.4. The Balaban J connectivity index is 1.55. The van der Waals surface area contributed by atoms with Crippen LogP contribution in [0.3, 0.4) is 0 Å². The lowest BCUT2D eigenvalue weighted by Crippen LogP contribution is -2.50. The summed E-state index contributed by atoms with van der Waals surface area (Å²) in [5.74, 6) is -0.607. The van der Waals surface area contributed by atoms with E-state index < -0.39 is 24.1 Å². The fourth-order valence-corrected chi connectivity index (χ4v) is 3.06. The molecule has 140 valence electrons. The van der Waals surface area contributed by atoms with Gasteiger partial charge in [-0.2, -0.15) is 0 Å². The number of benzene rings is 1. The van der Waals surface area contributed by atoms with Gasteiger partial charge in [-0.05, 0) is 25.0 Å². The zero-order valence-electron chi connectivity index (χ0n) is 15.3. The van der Waals surface area contributed by atoms with Gasteiger partial charge in [-0.1, -0.05) is 36.6 Å². The molecular weight excluding hydrogens is 336 g/mol. The van der Waals surface area contributed by atoms with Crippen molar-refractivity contribution in [2.75, 3.05) is 31.1 Å². The highest BCUT2D eigenvalue weighted by atomic mass is 16.7. The lowest BCUT2D eigenvalue weighted by Gasteiger charge is -2.35. The minimum absolute atomic E-state index is 0.0757. The Kier molecular flexibility index (Phi) is 5.01. The molecule has 1 aromatic rings. The monoisotopic (exact) mass is 360 g/mol. The van der Waals surface area contributed by atoms with Crippen molar-refractivity contribution in [2.24, 2.45) is 5.92 Å². The number of nitrogens with zero attached hydrogens (tertiary/aromatic N) is 3. The molecule has 0 saturated carbocycles. The third kappa shape index (κ3) is 3.58. The Morgan fingerprint density at radius 3 is 2.27 bits per heavy atom. The molecule has 2 fully saturated rings. The highest BCUT2D eigenvalue weighted by molar-refractivity contribution is 6.03. The Morgan fingerprint density at radius 2 is 1.73 bits per heavy atom. The van der Waals surface area contributed by atoms with Crippen LogP contribution in [0.5, 0.6) is 0 Å². The van der Waals surface area contributed by atoms with Crippen LogP contribution in [-0.4, -0.2) is 60.2 Å². The second-order valence-electron chi connectivity index (χ2n) is 6.97. The van der Waals surface area contributed by atoms with Crippen molar-refractivity contribution in [3.63, 3.8) is 0 Å². The van der Waals surface area contributed by atoms with Gasteiger partial charge in [-0.25, -0.2) is 9.59 Å². The van der Waals surface area contributed by atoms with Gasteiger partial charge in [0.15, 0.2) is 0 Å². The summed E-state index contributed by atoms with van der Waals surface area (Å²) in [7, 11) is 0. The van der Waals surface area contributed by atoms with E-state index in [1.54, 1.807) is 0 Å². The predicted octanol–water partition coefficient (Wildman–Crippen LogP) is 1.75. The second kappa shape index (κ2) is 7.23. The van der Waals surface area contributed by atoms with E-state index >= 15 is 0 Å². The Morgan fingerprint density at radius 1 is 1.12 bits per heavy atom. The average molecular weight is 360 g/mol. The van der Waals surface area contributed by atoms with Gasteiger partial charge in [0.05, 0.1) is 0 Å². The van der Waals surface area contributed by atoms with Crippen molar-refractivity contribution < 1.29 is 19.2 Å². The van der Waals surface area contributed by atoms with Crippen molar-refractivity contribution in [2.45, 2.75) is 26.8 Å². The Bertz CT molecular complexity index is 696. The number of anilines is 1. The van der Waals surface area contributed by atoms with Gasteiger partial charge < -0.3 is 20.0 Å². The maximum Gasteiger partial charge on any atom is 0.434 e. The normalized spacial score (nSPS) is 20.6. The number of imide groups is 1. The molecule has 1 unspecified atom stereocenters. The van der Waals surface area contributed by atoms with Crippen molar-refractivity contribution in [3.05, 3.63) is 29.8 Å². The summed E-state index contributed by atoms with van der Waals surface area (Å²) < 4.78 is 0. The molecule has 26 heavy (non-hydrogen) atoms. The number of hydrogen-bond donors (Lipinski definition) is 1. The zero-order chi connectivity index (χ0) is 18.8. The first kappa shape index (κ1) is 18.0. The van der Waals surface area contributed by atoms with Crippen molar-refractivity contribution >= 4 is 23.7 Å². The van der Waals surface area contributed by atoms with Crippen molar-refractivity contribution in [1.82, 2.24) is 15.3 Å². The van der Waals surface area contributed by atoms with Crippen LogP contribution in [0.15, 0.2) is 24.3 Å². The molecule has 2 saturated heterocycles. The number of amides is 4. The van der Waals surface area contributed by atoms with E-state index in [4.69, 9.17) is 4.84 Å². The van der Waals surface area contributed by atoms with Crippen LogP contribution in [0.2, 0.25) is 0 Å².